The zero-order valence-corrected chi connectivity index (χ0v) is 16.6. The van der Waals surface area contributed by atoms with Crippen molar-refractivity contribution in [2.24, 2.45) is 0 Å². The Hall–Kier alpha value is -3.07. The highest BCUT2D eigenvalue weighted by atomic mass is 32.1. The maximum atomic E-state index is 12.9. The summed E-state index contributed by atoms with van der Waals surface area (Å²) in [5.41, 5.74) is 0.537. The van der Waals surface area contributed by atoms with Crippen molar-refractivity contribution in [3.05, 3.63) is 65.2 Å². The van der Waals surface area contributed by atoms with Gasteiger partial charge in [-0.25, -0.2) is 4.98 Å². The molecule has 0 bridgehead atoms. The lowest BCUT2D eigenvalue weighted by Crippen LogP contribution is -2.48. The minimum absolute atomic E-state index is 0.197. The molecule has 1 saturated heterocycles. The Morgan fingerprint density at radius 1 is 1.03 bits per heavy atom. The molecule has 9 heteroatoms. The van der Waals surface area contributed by atoms with Crippen LogP contribution in [-0.4, -0.2) is 47.1 Å². The first-order chi connectivity index (χ1) is 14.3. The molecule has 30 heavy (non-hydrogen) atoms. The number of thiazole rings is 1. The first-order valence-corrected chi connectivity index (χ1v) is 10.2. The van der Waals surface area contributed by atoms with Gasteiger partial charge in [-0.3, -0.25) is 4.79 Å². The molecule has 3 aromatic rings. The minimum Gasteiger partial charge on any atom is -0.506 e. The first-order valence-electron chi connectivity index (χ1n) is 9.28. The second kappa shape index (κ2) is 7.98. The van der Waals surface area contributed by atoms with Crippen LogP contribution in [0.4, 0.5) is 18.9 Å². The molecule has 1 N–H and O–H groups in total. The van der Waals surface area contributed by atoms with Crippen LogP contribution in [0.5, 0.6) is 5.75 Å². The average molecular weight is 433 g/mol. The summed E-state index contributed by atoms with van der Waals surface area (Å²) in [5, 5.41) is 11.9. The number of piperazine rings is 1. The molecule has 2 heterocycles. The van der Waals surface area contributed by atoms with Crippen molar-refractivity contribution in [1.29, 1.82) is 0 Å². The van der Waals surface area contributed by atoms with Crippen LogP contribution in [0.25, 0.3) is 10.6 Å². The number of alkyl halides is 3. The van der Waals surface area contributed by atoms with Crippen molar-refractivity contribution < 1.29 is 23.1 Å². The number of nitrogens with zero attached hydrogens (tertiary/aromatic N) is 3. The zero-order valence-electron chi connectivity index (χ0n) is 15.8. The number of para-hydroxylation sites is 2. The number of aromatic nitrogens is 1. The number of hydrogen-bond acceptors (Lipinski definition) is 5. The van der Waals surface area contributed by atoms with Crippen LogP contribution in [0.1, 0.15) is 16.1 Å². The maximum Gasteiger partial charge on any atom is 0.416 e. The third-order valence-corrected chi connectivity index (χ3v) is 5.84. The van der Waals surface area contributed by atoms with Crippen molar-refractivity contribution >= 4 is 22.9 Å². The number of carbonyl (C=O) groups is 1. The molecule has 156 valence electrons. The van der Waals surface area contributed by atoms with Gasteiger partial charge in [0.15, 0.2) is 0 Å². The molecule has 0 aliphatic carbocycles. The van der Waals surface area contributed by atoms with Crippen LogP contribution in [-0.2, 0) is 6.18 Å². The lowest BCUT2D eigenvalue weighted by atomic mass is 10.1. The number of phenols is 1. The monoisotopic (exact) mass is 433 g/mol. The van der Waals surface area contributed by atoms with Gasteiger partial charge >= 0.3 is 6.18 Å². The minimum atomic E-state index is -4.43. The summed E-state index contributed by atoms with van der Waals surface area (Å²) in [5.74, 6) is -0.0519. The van der Waals surface area contributed by atoms with E-state index in [1.807, 2.05) is 17.0 Å². The van der Waals surface area contributed by atoms with Crippen molar-refractivity contribution in [3.63, 3.8) is 0 Å². The first kappa shape index (κ1) is 20.2. The van der Waals surface area contributed by atoms with E-state index in [1.54, 1.807) is 28.5 Å². The topological polar surface area (TPSA) is 56.7 Å². The van der Waals surface area contributed by atoms with Crippen molar-refractivity contribution in [3.8, 4) is 16.3 Å². The van der Waals surface area contributed by atoms with Gasteiger partial charge in [0.2, 0.25) is 0 Å². The van der Waals surface area contributed by atoms with E-state index in [1.165, 1.54) is 6.07 Å². The molecule has 0 saturated carbocycles. The number of phenolic OH excluding ortho intramolecular Hbond substituents is 1. The number of aromatic hydroxyl groups is 1. The van der Waals surface area contributed by atoms with Crippen LogP contribution in [0.3, 0.4) is 0 Å². The number of anilines is 1. The number of hydrogen-bond donors (Lipinski definition) is 1. The molecule has 2 aromatic carbocycles. The van der Waals surface area contributed by atoms with E-state index in [4.69, 9.17) is 0 Å². The van der Waals surface area contributed by atoms with Crippen molar-refractivity contribution in [2.45, 2.75) is 6.18 Å². The van der Waals surface area contributed by atoms with Crippen LogP contribution < -0.4 is 4.90 Å². The van der Waals surface area contributed by atoms with E-state index >= 15 is 0 Å². The highest BCUT2D eigenvalue weighted by Gasteiger charge is 2.31. The average Bonchev–Trinajstić information content (AvgIpc) is 3.24. The highest BCUT2D eigenvalue weighted by molar-refractivity contribution is 7.13. The largest absolute Gasteiger partial charge is 0.506 e. The predicted molar refractivity (Wildman–Crippen MR) is 109 cm³/mol. The van der Waals surface area contributed by atoms with Gasteiger partial charge in [0.1, 0.15) is 16.5 Å². The van der Waals surface area contributed by atoms with Gasteiger partial charge in [-0.15, -0.1) is 11.3 Å². The van der Waals surface area contributed by atoms with E-state index in [0.717, 1.165) is 29.2 Å². The van der Waals surface area contributed by atoms with E-state index in [0.29, 0.717) is 36.8 Å². The molecule has 0 unspecified atom stereocenters. The summed E-state index contributed by atoms with van der Waals surface area (Å²) in [6, 6.07) is 12.0. The number of benzene rings is 2. The van der Waals surface area contributed by atoms with Gasteiger partial charge in [0, 0.05) is 37.1 Å². The van der Waals surface area contributed by atoms with Gasteiger partial charge in [-0.1, -0.05) is 24.3 Å². The van der Waals surface area contributed by atoms with Gasteiger partial charge in [-0.05, 0) is 24.3 Å². The summed E-state index contributed by atoms with van der Waals surface area (Å²) in [6.07, 6.45) is -4.43. The highest BCUT2D eigenvalue weighted by Crippen LogP contribution is 2.33. The summed E-state index contributed by atoms with van der Waals surface area (Å²) >= 11 is 1.14. The second-order valence-corrected chi connectivity index (χ2v) is 7.74. The third kappa shape index (κ3) is 4.11. The Kier molecular flexibility index (Phi) is 5.38. The van der Waals surface area contributed by atoms with Crippen LogP contribution in [0.15, 0.2) is 53.9 Å². The van der Waals surface area contributed by atoms with E-state index in [-0.39, 0.29) is 17.4 Å². The predicted octanol–water partition coefficient (Wildman–Crippen LogP) is 4.50. The Morgan fingerprint density at radius 3 is 2.47 bits per heavy atom. The van der Waals surface area contributed by atoms with Gasteiger partial charge < -0.3 is 14.9 Å². The SMILES string of the molecule is O=C(c1csc(-c2cccc(C(F)(F)F)c2)n1)N1CCN(c2ccccc2O)CC1. The van der Waals surface area contributed by atoms with Crippen LogP contribution in [0.2, 0.25) is 0 Å². The van der Waals surface area contributed by atoms with Gasteiger partial charge in [0.05, 0.1) is 11.3 Å². The Morgan fingerprint density at radius 2 is 1.77 bits per heavy atom. The van der Waals surface area contributed by atoms with Gasteiger partial charge in [0.25, 0.3) is 5.91 Å². The maximum absolute atomic E-state index is 12.9. The molecule has 0 radical (unpaired) electrons. The summed E-state index contributed by atoms with van der Waals surface area (Å²) in [7, 11) is 0. The van der Waals surface area contributed by atoms with Crippen LogP contribution in [0, 0.1) is 0 Å². The van der Waals surface area contributed by atoms with Crippen molar-refractivity contribution in [1.82, 2.24) is 9.88 Å². The second-order valence-electron chi connectivity index (χ2n) is 6.88. The van der Waals surface area contributed by atoms with Gasteiger partial charge in [-0.2, -0.15) is 13.2 Å². The number of rotatable bonds is 3. The molecular weight excluding hydrogens is 415 g/mol. The van der Waals surface area contributed by atoms with Crippen LogP contribution >= 0.6 is 11.3 Å². The normalized spacial score (nSPS) is 14.8. The summed E-state index contributed by atoms with van der Waals surface area (Å²) in [6.45, 7) is 2.05. The lowest BCUT2D eigenvalue weighted by molar-refractivity contribution is -0.137. The van der Waals surface area contributed by atoms with E-state index < -0.39 is 11.7 Å². The molecule has 1 aliphatic rings. The summed E-state index contributed by atoms with van der Waals surface area (Å²) < 4.78 is 38.8. The number of carbonyl (C=O) groups excluding carboxylic acids is 1. The Labute approximate surface area is 175 Å². The summed E-state index contributed by atoms with van der Waals surface area (Å²) in [4.78, 5) is 20.8. The smallest absolute Gasteiger partial charge is 0.416 e. The molecule has 4 rings (SSSR count). The molecule has 1 amide bonds. The molecule has 1 aromatic heterocycles. The fraction of sp³-hybridized carbons (Fsp3) is 0.238. The molecule has 1 aliphatic heterocycles. The Balaban J connectivity index is 1.45. The van der Waals surface area contributed by atoms with Crippen molar-refractivity contribution in [2.75, 3.05) is 31.1 Å². The molecule has 5 nitrogen and oxygen atoms in total. The fourth-order valence-electron chi connectivity index (χ4n) is 3.38. The third-order valence-electron chi connectivity index (χ3n) is 4.95. The molecule has 0 atom stereocenters. The van der Waals surface area contributed by atoms with E-state index in [9.17, 15) is 23.1 Å². The van der Waals surface area contributed by atoms with E-state index in [2.05, 4.69) is 4.98 Å². The quantitative estimate of drug-likeness (QED) is 0.661. The number of halogens is 3. The zero-order chi connectivity index (χ0) is 21.3. The standard InChI is InChI=1S/C21H18F3N3O2S/c22-21(23,24)15-5-3-4-14(12-15)19-25-16(13-30-19)20(29)27-10-8-26(9-11-27)17-6-1-2-7-18(17)28/h1-7,12-13,28H,8-11H2. The fourth-order valence-corrected chi connectivity index (χ4v) is 4.17. The molecule has 0 spiro atoms. The number of amides is 1. The Bertz CT molecular complexity index is 1060. The molecule has 1 fully saturated rings. The molecular formula is C21H18F3N3O2S. The lowest BCUT2D eigenvalue weighted by Gasteiger charge is -2.36.